The highest BCUT2D eigenvalue weighted by atomic mass is 16.2. The predicted octanol–water partition coefficient (Wildman–Crippen LogP) is 2.49. The summed E-state index contributed by atoms with van der Waals surface area (Å²) in [5, 5.41) is 5.68. The first-order chi connectivity index (χ1) is 9.98. The number of benzene rings is 1. The van der Waals surface area contributed by atoms with Crippen LogP contribution in [0.5, 0.6) is 0 Å². The summed E-state index contributed by atoms with van der Waals surface area (Å²) in [6.07, 6.45) is 3.13. The minimum Gasteiger partial charge on any atom is -0.326 e. The van der Waals surface area contributed by atoms with Gasteiger partial charge in [-0.1, -0.05) is 13.8 Å². The first-order valence-corrected chi connectivity index (χ1v) is 7.49. The van der Waals surface area contributed by atoms with Crippen LogP contribution in [0.15, 0.2) is 24.3 Å². The number of amides is 2. The molecule has 1 aliphatic rings. The van der Waals surface area contributed by atoms with Crippen LogP contribution in [0.3, 0.4) is 0 Å². The molecule has 0 bridgehead atoms. The Balaban J connectivity index is 1.95. The molecular weight excluding hydrogens is 266 g/mol. The van der Waals surface area contributed by atoms with Crippen molar-refractivity contribution < 1.29 is 9.59 Å². The number of hydrogen-bond donors (Lipinski definition) is 3. The minimum absolute atomic E-state index is 0.0738. The van der Waals surface area contributed by atoms with E-state index in [-0.39, 0.29) is 17.7 Å². The van der Waals surface area contributed by atoms with Gasteiger partial charge in [0.2, 0.25) is 11.8 Å². The number of carbonyl (C=O) groups excluding carboxylic acids is 2. The SMILES string of the molecule is CCC(N)(CC)C(=O)Nc1ccc(NC(=O)C2CC2)cc1. The van der Waals surface area contributed by atoms with Crippen molar-refractivity contribution in [2.45, 2.75) is 45.1 Å². The standard InChI is InChI=1S/C16H23N3O2/c1-3-16(17,4-2)15(21)19-13-9-7-12(8-10-13)18-14(20)11-5-6-11/h7-11H,3-6,17H2,1-2H3,(H,18,20)(H,19,21). The van der Waals surface area contributed by atoms with Gasteiger partial charge in [0.25, 0.3) is 0 Å². The van der Waals surface area contributed by atoms with Gasteiger partial charge in [-0.2, -0.15) is 0 Å². The van der Waals surface area contributed by atoms with E-state index in [2.05, 4.69) is 10.6 Å². The van der Waals surface area contributed by atoms with E-state index in [0.29, 0.717) is 18.5 Å². The lowest BCUT2D eigenvalue weighted by Crippen LogP contribution is -2.50. The molecule has 2 rings (SSSR count). The third kappa shape index (κ3) is 3.82. The van der Waals surface area contributed by atoms with Crippen LogP contribution < -0.4 is 16.4 Å². The van der Waals surface area contributed by atoms with Crippen molar-refractivity contribution in [2.75, 3.05) is 10.6 Å². The van der Waals surface area contributed by atoms with Crippen LogP contribution in [0.25, 0.3) is 0 Å². The maximum Gasteiger partial charge on any atom is 0.244 e. The Morgan fingerprint density at radius 1 is 1.10 bits per heavy atom. The molecule has 4 N–H and O–H groups in total. The van der Waals surface area contributed by atoms with E-state index in [4.69, 9.17) is 5.73 Å². The third-order valence-corrected chi connectivity index (χ3v) is 4.07. The molecule has 5 nitrogen and oxygen atoms in total. The Morgan fingerprint density at radius 3 is 2.00 bits per heavy atom. The number of nitrogens with one attached hydrogen (secondary N) is 2. The lowest BCUT2D eigenvalue weighted by Gasteiger charge is -2.25. The van der Waals surface area contributed by atoms with Crippen LogP contribution in [0.4, 0.5) is 11.4 Å². The number of anilines is 2. The molecule has 0 saturated heterocycles. The lowest BCUT2D eigenvalue weighted by atomic mass is 9.93. The second kappa shape index (κ2) is 6.26. The molecule has 1 fully saturated rings. The maximum absolute atomic E-state index is 12.2. The zero-order chi connectivity index (χ0) is 15.5. The first-order valence-electron chi connectivity index (χ1n) is 7.49. The zero-order valence-corrected chi connectivity index (χ0v) is 12.6. The second-order valence-corrected chi connectivity index (χ2v) is 5.66. The average molecular weight is 289 g/mol. The molecule has 0 aromatic heterocycles. The molecule has 0 unspecified atom stereocenters. The van der Waals surface area contributed by atoms with Crippen LogP contribution in [-0.2, 0) is 9.59 Å². The van der Waals surface area contributed by atoms with E-state index < -0.39 is 5.54 Å². The van der Waals surface area contributed by atoms with Gasteiger partial charge in [0.05, 0.1) is 5.54 Å². The largest absolute Gasteiger partial charge is 0.326 e. The molecule has 1 aliphatic carbocycles. The van der Waals surface area contributed by atoms with Gasteiger partial charge in [-0.3, -0.25) is 9.59 Å². The Labute approximate surface area is 125 Å². The van der Waals surface area contributed by atoms with Crippen molar-refractivity contribution in [1.29, 1.82) is 0 Å². The van der Waals surface area contributed by atoms with Gasteiger partial charge >= 0.3 is 0 Å². The van der Waals surface area contributed by atoms with Crippen molar-refractivity contribution in [1.82, 2.24) is 0 Å². The van der Waals surface area contributed by atoms with Gasteiger partial charge in [0.1, 0.15) is 0 Å². The molecule has 114 valence electrons. The predicted molar refractivity (Wildman–Crippen MR) is 83.9 cm³/mol. The molecule has 0 spiro atoms. The van der Waals surface area contributed by atoms with Crippen LogP contribution in [0, 0.1) is 5.92 Å². The summed E-state index contributed by atoms with van der Waals surface area (Å²) in [4.78, 5) is 23.8. The Kier molecular flexibility index (Phi) is 4.63. The number of hydrogen-bond acceptors (Lipinski definition) is 3. The average Bonchev–Trinajstić information content (AvgIpc) is 3.33. The highest BCUT2D eigenvalue weighted by molar-refractivity contribution is 5.98. The van der Waals surface area contributed by atoms with E-state index in [1.54, 1.807) is 24.3 Å². The van der Waals surface area contributed by atoms with Crippen molar-refractivity contribution >= 4 is 23.2 Å². The molecule has 1 saturated carbocycles. The molecule has 0 heterocycles. The van der Waals surface area contributed by atoms with Crippen LogP contribution >= 0.6 is 0 Å². The number of rotatable bonds is 6. The van der Waals surface area contributed by atoms with E-state index in [9.17, 15) is 9.59 Å². The highest BCUT2D eigenvalue weighted by Gasteiger charge is 2.30. The van der Waals surface area contributed by atoms with Crippen molar-refractivity contribution in [3.05, 3.63) is 24.3 Å². The fourth-order valence-electron chi connectivity index (χ4n) is 2.05. The van der Waals surface area contributed by atoms with Crippen LogP contribution in [-0.4, -0.2) is 17.4 Å². The summed E-state index contributed by atoms with van der Waals surface area (Å²) >= 11 is 0. The quantitative estimate of drug-likeness (QED) is 0.752. The van der Waals surface area contributed by atoms with Gasteiger partial charge < -0.3 is 16.4 Å². The monoisotopic (exact) mass is 289 g/mol. The lowest BCUT2D eigenvalue weighted by molar-refractivity contribution is -0.121. The summed E-state index contributed by atoms with van der Waals surface area (Å²) in [5.74, 6) is 0.0725. The summed E-state index contributed by atoms with van der Waals surface area (Å²) in [7, 11) is 0. The molecule has 0 aliphatic heterocycles. The van der Waals surface area contributed by atoms with Crippen molar-refractivity contribution in [3.8, 4) is 0 Å². The zero-order valence-electron chi connectivity index (χ0n) is 12.6. The molecule has 5 heteroatoms. The third-order valence-electron chi connectivity index (χ3n) is 4.07. The Morgan fingerprint density at radius 2 is 1.57 bits per heavy atom. The number of nitrogens with two attached hydrogens (primary N) is 1. The summed E-state index contributed by atoms with van der Waals surface area (Å²) in [5.41, 5.74) is 6.65. The normalized spacial score (nSPS) is 14.6. The molecular formula is C16H23N3O2. The smallest absolute Gasteiger partial charge is 0.244 e. The molecule has 21 heavy (non-hydrogen) atoms. The minimum atomic E-state index is -0.834. The fraction of sp³-hybridized carbons (Fsp3) is 0.500. The maximum atomic E-state index is 12.2. The second-order valence-electron chi connectivity index (χ2n) is 5.66. The topological polar surface area (TPSA) is 84.2 Å². The van der Waals surface area contributed by atoms with E-state index in [1.807, 2.05) is 13.8 Å². The molecule has 1 aromatic carbocycles. The van der Waals surface area contributed by atoms with Gasteiger partial charge in [-0.05, 0) is 49.9 Å². The van der Waals surface area contributed by atoms with Gasteiger partial charge in [0, 0.05) is 17.3 Å². The molecule has 0 radical (unpaired) electrons. The van der Waals surface area contributed by atoms with E-state index in [1.165, 1.54) is 0 Å². The van der Waals surface area contributed by atoms with Gasteiger partial charge in [0.15, 0.2) is 0 Å². The molecule has 0 atom stereocenters. The van der Waals surface area contributed by atoms with Crippen molar-refractivity contribution in [3.63, 3.8) is 0 Å². The number of carbonyl (C=O) groups is 2. The van der Waals surface area contributed by atoms with E-state index in [0.717, 1.165) is 18.5 Å². The Hall–Kier alpha value is -1.88. The highest BCUT2D eigenvalue weighted by Crippen LogP contribution is 2.30. The van der Waals surface area contributed by atoms with Gasteiger partial charge in [-0.15, -0.1) is 0 Å². The summed E-state index contributed by atoms with van der Waals surface area (Å²) in [6, 6.07) is 7.11. The molecule has 1 aromatic rings. The summed E-state index contributed by atoms with van der Waals surface area (Å²) in [6.45, 7) is 3.80. The van der Waals surface area contributed by atoms with E-state index >= 15 is 0 Å². The van der Waals surface area contributed by atoms with Crippen molar-refractivity contribution in [2.24, 2.45) is 11.7 Å². The Bertz CT molecular complexity index is 517. The summed E-state index contributed by atoms with van der Waals surface area (Å²) < 4.78 is 0. The van der Waals surface area contributed by atoms with Crippen LogP contribution in [0.2, 0.25) is 0 Å². The molecule has 2 amide bonds. The van der Waals surface area contributed by atoms with Crippen LogP contribution in [0.1, 0.15) is 39.5 Å². The van der Waals surface area contributed by atoms with Gasteiger partial charge in [-0.25, -0.2) is 0 Å². The first kappa shape index (κ1) is 15.5. The fourth-order valence-corrected chi connectivity index (χ4v) is 2.05.